The number of hydrogen-bond donors (Lipinski definition) is 1. The SMILES string of the molecule is CCC(C)CCCCCCCCCCC(=O)O[C@@H](CO)COC(=O)CCCCCCCCCCCCCCCCC(C)C. The molecule has 1 N–H and O–H groups in total. The third-order valence-electron chi connectivity index (χ3n) is 8.87. The van der Waals surface area contributed by atoms with Crippen molar-refractivity contribution in [2.24, 2.45) is 11.8 Å². The monoisotopic (exact) mass is 611 g/mol. The van der Waals surface area contributed by atoms with Crippen LogP contribution in [-0.4, -0.2) is 36.4 Å². The van der Waals surface area contributed by atoms with E-state index in [9.17, 15) is 14.7 Å². The van der Waals surface area contributed by atoms with Crippen molar-refractivity contribution in [1.82, 2.24) is 0 Å². The minimum atomic E-state index is -0.762. The molecule has 0 aromatic heterocycles. The van der Waals surface area contributed by atoms with Crippen LogP contribution in [0.4, 0.5) is 0 Å². The highest BCUT2D eigenvalue weighted by Gasteiger charge is 2.16. The number of esters is 2. The van der Waals surface area contributed by atoms with Crippen molar-refractivity contribution < 1.29 is 24.2 Å². The highest BCUT2D eigenvalue weighted by molar-refractivity contribution is 5.70. The van der Waals surface area contributed by atoms with E-state index in [4.69, 9.17) is 9.47 Å². The van der Waals surface area contributed by atoms with Gasteiger partial charge < -0.3 is 14.6 Å². The van der Waals surface area contributed by atoms with Gasteiger partial charge in [0.15, 0.2) is 6.10 Å². The van der Waals surface area contributed by atoms with E-state index in [2.05, 4.69) is 27.7 Å². The van der Waals surface area contributed by atoms with Crippen LogP contribution in [0.25, 0.3) is 0 Å². The number of carbonyl (C=O) groups excluding carboxylic acids is 2. The summed E-state index contributed by atoms with van der Waals surface area (Å²) in [4.78, 5) is 24.2. The Morgan fingerprint density at radius 3 is 1.30 bits per heavy atom. The third kappa shape index (κ3) is 32.1. The number of aliphatic hydroxyl groups is 1. The van der Waals surface area contributed by atoms with Crippen molar-refractivity contribution in [3.8, 4) is 0 Å². The molecular weight excluding hydrogens is 536 g/mol. The molecule has 0 aliphatic heterocycles. The second kappa shape index (κ2) is 32.3. The molecule has 0 fully saturated rings. The lowest BCUT2D eigenvalue weighted by Crippen LogP contribution is -2.28. The second-order valence-corrected chi connectivity index (χ2v) is 13.7. The fourth-order valence-electron chi connectivity index (χ4n) is 5.60. The summed E-state index contributed by atoms with van der Waals surface area (Å²) >= 11 is 0. The van der Waals surface area contributed by atoms with Crippen LogP contribution in [0.3, 0.4) is 0 Å². The molecule has 0 bridgehead atoms. The average Bonchev–Trinajstić information content (AvgIpc) is 2.99. The summed E-state index contributed by atoms with van der Waals surface area (Å²) in [6, 6.07) is 0. The summed E-state index contributed by atoms with van der Waals surface area (Å²) in [6.07, 6.45) is 31.6. The first-order chi connectivity index (χ1) is 20.9. The van der Waals surface area contributed by atoms with E-state index in [-0.39, 0.29) is 25.2 Å². The van der Waals surface area contributed by atoms with Crippen LogP contribution in [-0.2, 0) is 19.1 Å². The van der Waals surface area contributed by atoms with Crippen molar-refractivity contribution in [2.45, 2.75) is 207 Å². The predicted molar refractivity (Wildman–Crippen MR) is 182 cm³/mol. The van der Waals surface area contributed by atoms with Gasteiger partial charge in [0.1, 0.15) is 6.61 Å². The molecule has 256 valence electrons. The van der Waals surface area contributed by atoms with E-state index in [0.29, 0.717) is 12.8 Å². The molecule has 2 atom stereocenters. The van der Waals surface area contributed by atoms with E-state index in [0.717, 1.165) is 43.9 Å². The van der Waals surface area contributed by atoms with Gasteiger partial charge in [-0.05, 0) is 24.7 Å². The predicted octanol–water partition coefficient (Wildman–Crippen LogP) is 11.3. The molecule has 0 amide bonds. The Bertz CT molecular complexity index is 605. The van der Waals surface area contributed by atoms with Crippen LogP contribution in [0, 0.1) is 11.8 Å². The van der Waals surface area contributed by atoms with Crippen LogP contribution in [0.15, 0.2) is 0 Å². The van der Waals surface area contributed by atoms with Gasteiger partial charge in [-0.3, -0.25) is 9.59 Å². The van der Waals surface area contributed by atoms with Gasteiger partial charge in [-0.1, -0.05) is 175 Å². The lowest BCUT2D eigenvalue weighted by molar-refractivity contribution is -0.161. The van der Waals surface area contributed by atoms with Crippen molar-refractivity contribution >= 4 is 11.9 Å². The molecule has 0 spiro atoms. The first kappa shape index (κ1) is 41.9. The maximum absolute atomic E-state index is 12.1. The van der Waals surface area contributed by atoms with Crippen LogP contribution in [0.1, 0.15) is 201 Å². The molecule has 0 aromatic rings. The molecule has 0 saturated carbocycles. The van der Waals surface area contributed by atoms with Gasteiger partial charge in [0.2, 0.25) is 0 Å². The number of rotatable bonds is 33. The molecule has 0 rings (SSSR count). The van der Waals surface area contributed by atoms with Crippen molar-refractivity contribution in [3.63, 3.8) is 0 Å². The summed E-state index contributed by atoms with van der Waals surface area (Å²) in [5.74, 6) is 1.13. The molecule has 5 heteroatoms. The zero-order valence-electron chi connectivity index (χ0n) is 29.3. The Hall–Kier alpha value is -1.10. The van der Waals surface area contributed by atoms with Gasteiger partial charge in [0.05, 0.1) is 6.61 Å². The summed E-state index contributed by atoms with van der Waals surface area (Å²) in [5, 5.41) is 9.53. The van der Waals surface area contributed by atoms with Crippen molar-refractivity contribution in [1.29, 1.82) is 0 Å². The van der Waals surface area contributed by atoms with E-state index < -0.39 is 6.10 Å². The Morgan fingerprint density at radius 1 is 0.535 bits per heavy atom. The second-order valence-electron chi connectivity index (χ2n) is 13.7. The smallest absolute Gasteiger partial charge is 0.306 e. The molecule has 0 radical (unpaired) electrons. The zero-order valence-corrected chi connectivity index (χ0v) is 29.3. The summed E-state index contributed by atoms with van der Waals surface area (Å²) in [6.45, 7) is 8.85. The highest BCUT2D eigenvalue weighted by atomic mass is 16.6. The summed E-state index contributed by atoms with van der Waals surface area (Å²) < 4.78 is 10.6. The Morgan fingerprint density at radius 2 is 0.907 bits per heavy atom. The average molecular weight is 611 g/mol. The maximum Gasteiger partial charge on any atom is 0.306 e. The minimum Gasteiger partial charge on any atom is -0.462 e. The highest BCUT2D eigenvalue weighted by Crippen LogP contribution is 2.16. The normalized spacial score (nSPS) is 12.9. The Balaban J connectivity index is 3.52. The van der Waals surface area contributed by atoms with Crippen LogP contribution < -0.4 is 0 Å². The molecule has 43 heavy (non-hydrogen) atoms. The number of ether oxygens (including phenoxy) is 2. The number of hydrogen-bond acceptors (Lipinski definition) is 5. The third-order valence-corrected chi connectivity index (χ3v) is 8.87. The van der Waals surface area contributed by atoms with Crippen molar-refractivity contribution in [2.75, 3.05) is 13.2 Å². The molecule has 1 unspecified atom stereocenters. The number of unbranched alkanes of at least 4 members (excludes halogenated alkanes) is 20. The largest absolute Gasteiger partial charge is 0.462 e. The first-order valence-electron chi connectivity index (χ1n) is 18.8. The summed E-state index contributed by atoms with van der Waals surface area (Å²) in [7, 11) is 0. The number of aliphatic hydroxyl groups excluding tert-OH is 1. The van der Waals surface area contributed by atoms with Gasteiger partial charge in [-0.2, -0.15) is 0 Å². The van der Waals surface area contributed by atoms with Crippen LogP contribution in [0.2, 0.25) is 0 Å². The number of carbonyl (C=O) groups is 2. The molecule has 0 aliphatic rings. The van der Waals surface area contributed by atoms with Crippen LogP contribution >= 0.6 is 0 Å². The molecule has 0 aliphatic carbocycles. The van der Waals surface area contributed by atoms with E-state index in [1.54, 1.807) is 0 Å². The fraction of sp³-hybridized carbons (Fsp3) is 0.947. The summed E-state index contributed by atoms with van der Waals surface area (Å²) in [5.41, 5.74) is 0. The fourth-order valence-corrected chi connectivity index (χ4v) is 5.60. The molecule has 0 saturated heterocycles. The van der Waals surface area contributed by atoms with Gasteiger partial charge in [0.25, 0.3) is 0 Å². The van der Waals surface area contributed by atoms with Gasteiger partial charge in [0, 0.05) is 12.8 Å². The van der Waals surface area contributed by atoms with Crippen molar-refractivity contribution in [3.05, 3.63) is 0 Å². The van der Waals surface area contributed by atoms with Crippen LogP contribution in [0.5, 0.6) is 0 Å². The topological polar surface area (TPSA) is 72.8 Å². The van der Waals surface area contributed by atoms with E-state index >= 15 is 0 Å². The van der Waals surface area contributed by atoms with E-state index in [1.165, 1.54) is 128 Å². The molecular formula is C38H74O5. The zero-order chi connectivity index (χ0) is 31.8. The standard InChI is InChI=1S/C38H74O5/c1-5-35(4)29-25-21-17-14-15-19-23-27-31-38(41)43-36(32-39)33-42-37(40)30-26-22-18-13-11-9-7-6-8-10-12-16-20-24-28-34(2)3/h34-36,39H,5-33H2,1-4H3/t35?,36-/m0/s1. The maximum atomic E-state index is 12.1. The molecule has 0 aromatic carbocycles. The van der Waals surface area contributed by atoms with Gasteiger partial charge in [-0.15, -0.1) is 0 Å². The first-order valence-corrected chi connectivity index (χ1v) is 18.8. The molecule has 5 nitrogen and oxygen atoms in total. The van der Waals surface area contributed by atoms with Gasteiger partial charge in [-0.25, -0.2) is 0 Å². The molecule has 0 heterocycles. The Kier molecular flexibility index (Phi) is 31.5. The lowest BCUT2D eigenvalue weighted by atomic mass is 9.99. The minimum absolute atomic E-state index is 0.0593. The van der Waals surface area contributed by atoms with Gasteiger partial charge >= 0.3 is 11.9 Å². The van der Waals surface area contributed by atoms with E-state index in [1.807, 2.05) is 0 Å². The Labute approximate surface area is 268 Å². The lowest BCUT2D eigenvalue weighted by Gasteiger charge is -2.15. The quantitative estimate of drug-likeness (QED) is 0.0591.